The summed E-state index contributed by atoms with van der Waals surface area (Å²) in [6, 6.07) is 2.16. The Balaban J connectivity index is 1.82. The van der Waals surface area contributed by atoms with Crippen LogP contribution in [0.4, 0.5) is 5.82 Å². The maximum Gasteiger partial charge on any atom is 0.335 e. The molecule has 2 N–H and O–H groups in total. The number of rotatable bonds is 8. The largest absolute Gasteiger partial charge is 0.414 e. The van der Waals surface area contributed by atoms with E-state index in [0.29, 0.717) is 23.6 Å². The zero-order chi connectivity index (χ0) is 27.8. The predicted molar refractivity (Wildman–Crippen MR) is 147 cm³/mol. The van der Waals surface area contributed by atoms with Gasteiger partial charge in [-0.25, -0.2) is 15.0 Å². The number of anilines is 1. The third kappa shape index (κ3) is 4.92. The predicted octanol–water partition coefficient (Wildman–Crippen LogP) is 4.56. The van der Waals surface area contributed by atoms with E-state index in [0.717, 1.165) is 0 Å². The third-order valence-electron chi connectivity index (χ3n) is 7.80. The van der Waals surface area contributed by atoms with Crippen LogP contribution in [0.3, 0.4) is 0 Å². The van der Waals surface area contributed by atoms with Gasteiger partial charge in [0.05, 0.1) is 32.0 Å². The maximum absolute atomic E-state index is 9.20. The molecule has 2 fully saturated rings. The lowest BCUT2D eigenvalue weighted by molar-refractivity contribution is -0.0682. The first-order valence-electron chi connectivity index (χ1n) is 13.6. The number of nitrogen functional groups attached to an aromatic ring is 1. The summed E-state index contributed by atoms with van der Waals surface area (Å²) in [6.45, 7) is 18.1. The Labute approximate surface area is 227 Å². The fourth-order valence-corrected chi connectivity index (χ4v) is 17.0. The molecule has 13 heteroatoms. The lowest BCUT2D eigenvalue weighted by atomic mass is 10.1. The smallest absolute Gasteiger partial charge is 0.335 e. The van der Waals surface area contributed by atoms with E-state index >= 15 is 0 Å². The number of nitriles is 1. The molecule has 11 nitrogen and oxygen atoms in total. The van der Waals surface area contributed by atoms with Gasteiger partial charge in [0.15, 0.2) is 17.7 Å². The SMILES string of the molecule is CC(C)[Si]1(C(C)C)OC[C@H]2O[C@@H](n3cnc4c(N)ncnc43)[C@H](OCCC#N)[C@@H]2O[Si](C(C)C)(C(C)C)O1. The van der Waals surface area contributed by atoms with Gasteiger partial charge in [-0.1, -0.05) is 55.4 Å². The molecule has 0 radical (unpaired) electrons. The van der Waals surface area contributed by atoms with Crippen LogP contribution in [0.25, 0.3) is 11.2 Å². The molecule has 0 bridgehead atoms. The molecule has 2 aromatic rings. The van der Waals surface area contributed by atoms with Crippen molar-refractivity contribution in [1.82, 2.24) is 19.5 Å². The molecule has 4 rings (SSSR count). The van der Waals surface area contributed by atoms with Gasteiger partial charge >= 0.3 is 17.1 Å². The Morgan fingerprint density at radius 1 is 1.05 bits per heavy atom. The first-order chi connectivity index (χ1) is 18.0. The highest BCUT2D eigenvalue weighted by molar-refractivity contribution is 6.84. The van der Waals surface area contributed by atoms with Crippen LogP contribution in [0, 0.1) is 11.3 Å². The van der Waals surface area contributed by atoms with Gasteiger partial charge in [-0.2, -0.15) is 5.26 Å². The van der Waals surface area contributed by atoms with Crippen molar-refractivity contribution < 1.29 is 22.4 Å². The van der Waals surface area contributed by atoms with Crippen LogP contribution >= 0.6 is 0 Å². The van der Waals surface area contributed by atoms with E-state index in [2.05, 4.69) is 76.4 Å². The van der Waals surface area contributed by atoms with Gasteiger partial charge in [0.2, 0.25) is 0 Å². The molecule has 0 spiro atoms. The summed E-state index contributed by atoms with van der Waals surface area (Å²) in [5, 5.41) is 9.20. The van der Waals surface area contributed by atoms with Crippen molar-refractivity contribution in [3.8, 4) is 6.07 Å². The quantitative estimate of drug-likeness (QED) is 0.359. The molecule has 2 saturated heterocycles. The monoisotopic (exact) mass is 562 g/mol. The van der Waals surface area contributed by atoms with E-state index in [-0.39, 0.29) is 35.2 Å². The normalized spacial score (nSPS) is 27.1. The summed E-state index contributed by atoms with van der Waals surface area (Å²) < 4.78 is 36.3. The number of hydrogen-bond acceptors (Lipinski definition) is 10. The summed E-state index contributed by atoms with van der Waals surface area (Å²) in [4.78, 5) is 12.9. The number of nitrogens with two attached hydrogens (primary N) is 1. The molecule has 4 heterocycles. The van der Waals surface area contributed by atoms with Crippen LogP contribution in [0.1, 0.15) is 68.0 Å². The molecule has 0 aromatic carbocycles. The second-order valence-electron chi connectivity index (χ2n) is 11.4. The molecule has 38 heavy (non-hydrogen) atoms. The van der Waals surface area contributed by atoms with E-state index in [1.54, 1.807) is 6.33 Å². The van der Waals surface area contributed by atoms with E-state index in [1.807, 2.05) is 4.57 Å². The van der Waals surface area contributed by atoms with Crippen LogP contribution < -0.4 is 5.73 Å². The van der Waals surface area contributed by atoms with Crippen molar-refractivity contribution in [3.63, 3.8) is 0 Å². The minimum absolute atomic E-state index is 0.162. The van der Waals surface area contributed by atoms with Gasteiger partial charge in [0.1, 0.15) is 30.2 Å². The third-order valence-corrected chi connectivity index (χ3v) is 18.1. The van der Waals surface area contributed by atoms with Crippen LogP contribution in [-0.2, 0) is 22.4 Å². The van der Waals surface area contributed by atoms with Gasteiger partial charge < -0.3 is 28.2 Å². The standard InChI is InChI=1S/C25H42N6O5Si2/c1-15(2)37(16(3)4)33-12-19-21(35-38(36-37,17(5)6)18(7)8)22(32-11-9-10-26)25(34-19)31-14-30-20-23(27)28-13-29-24(20)31/h13-19,21-22,25H,9,11-12H2,1-8H3,(H2,27,28,29)/t19-,21-,22-,25-/m1/s1. The molecule has 2 aromatic heterocycles. The number of fused-ring (bicyclic) bond motifs is 2. The molecular weight excluding hydrogens is 520 g/mol. The summed E-state index contributed by atoms with van der Waals surface area (Å²) in [6.07, 6.45) is 1.30. The van der Waals surface area contributed by atoms with Gasteiger partial charge in [-0.05, 0) is 22.2 Å². The van der Waals surface area contributed by atoms with Crippen LogP contribution in [-0.4, -0.2) is 68.2 Å². The van der Waals surface area contributed by atoms with Gasteiger partial charge in [-0.3, -0.25) is 4.57 Å². The summed E-state index contributed by atoms with van der Waals surface area (Å²) in [5.41, 5.74) is 7.88. The van der Waals surface area contributed by atoms with Crippen molar-refractivity contribution in [2.24, 2.45) is 0 Å². The number of ether oxygens (including phenoxy) is 2. The van der Waals surface area contributed by atoms with Gasteiger partial charge in [-0.15, -0.1) is 0 Å². The number of imidazole rings is 1. The molecule has 0 unspecified atom stereocenters. The zero-order valence-corrected chi connectivity index (χ0v) is 25.7. The summed E-state index contributed by atoms with van der Waals surface area (Å²) in [5.74, 6) is 0.295. The van der Waals surface area contributed by atoms with E-state index in [9.17, 15) is 5.26 Å². The van der Waals surface area contributed by atoms with E-state index in [1.165, 1.54) is 6.33 Å². The highest BCUT2D eigenvalue weighted by Crippen LogP contribution is 2.49. The molecule has 0 amide bonds. The fourth-order valence-electron chi connectivity index (χ4n) is 5.82. The first kappa shape index (κ1) is 29.1. The van der Waals surface area contributed by atoms with Crippen molar-refractivity contribution in [3.05, 3.63) is 12.7 Å². The zero-order valence-electron chi connectivity index (χ0n) is 23.7. The van der Waals surface area contributed by atoms with Crippen LogP contribution in [0.15, 0.2) is 12.7 Å². The average Bonchev–Trinajstić information content (AvgIpc) is 3.41. The Morgan fingerprint density at radius 3 is 2.32 bits per heavy atom. The maximum atomic E-state index is 9.20. The second kappa shape index (κ2) is 11.3. The van der Waals surface area contributed by atoms with Crippen LogP contribution in [0.5, 0.6) is 0 Å². The Kier molecular flexibility index (Phi) is 8.63. The Morgan fingerprint density at radius 2 is 1.71 bits per heavy atom. The van der Waals surface area contributed by atoms with Crippen molar-refractivity contribution in [1.29, 1.82) is 5.26 Å². The highest BCUT2D eigenvalue weighted by Gasteiger charge is 2.62. The second-order valence-corrected chi connectivity index (χ2v) is 20.3. The molecule has 2 aliphatic rings. The molecular formula is C25H42N6O5Si2. The summed E-state index contributed by atoms with van der Waals surface area (Å²) >= 11 is 0. The highest BCUT2D eigenvalue weighted by atomic mass is 28.5. The summed E-state index contributed by atoms with van der Waals surface area (Å²) in [7, 11) is -5.61. The van der Waals surface area contributed by atoms with E-state index < -0.39 is 41.7 Å². The first-order valence-corrected chi connectivity index (χ1v) is 17.5. The average molecular weight is 563 g/mol. The number of aromatic nitrogens is 4. The minimum Gasteiger partial charge on any atom is -0.414 e. The minimum atomic E-state index is -2.89. The lowest BCUT2D eigenvalue weighted by Crippen LogP contribution is -2.66. The van der Waals surface area contributed by atoms with Gasteiger partial charge in [0, 0.05) is 0 Å². The lowest BCUT2D eigenvalue weighted by Gasteiger charge is -2.51. The van der Waals surface area contributed by atoms with Gasteiger partial charge in [0.25, 0.3) is 0 Å². The number of hydrogen-bond donors (Lipinski definition) is 1. The topological polar surface area (TPSA) is 140 Å². The van der Waals surface area contributed by atoms with Crippen LogP contribution in [0.2, 0.25) is 22.2 Å². The Bertz CT molecular complexity index is 1140. The molecule has 210 valence electrons. The Hall–Kier alpha value is -1.93. The fraction of sp³-hybridized carbons (Fsp3) is 0.760. The van der Waals surface area contributed by atoms with Crippen molar-refractivity contribution >= 4 is 34.1 Å². The van der Waals surface area contributed by atoms with Crippen molar-refractivity contribution in [2.45, 2.75) is 109 Å². The van der Waals surface area contributed by atoms with E-state index in [4.69, 9.17) is 28.2 Å². The molecule has 0 saturated carbocycles. The molecule has 0 aliphatic carbocycles. The molecule has 2 aliphatic heterocycles. The number of nitrogens with zero attached hydrogens (tertiary/aromatic N) is 5. The van der Waals surface area contributed by atoms with Crippen molar-refractivity contribution in [2.75, 3.05) is 18.9 Å². The molecule has 4 atom stereocenters.